The van der Waals surface area contributed by atoms with Gasteiger partial charge in [0, 0.05) is 5.56 Å². The second-order valence-corrected chi connectivity index (χ2v) is 4.65. The SMILES string of the molecule is CCc1c(C)nn(C(C)(C)C)c1Cl. The van der Waals surface area contributed by atoms with Gasteiger partial charge in [0.2, 0.25) is 0 Å². The summed E-state index contributed by atoms with van der Waals surface area (Å²) in [6.07, 6.45) is 0.945. The molecule has 0 radical (unpaired) electrons. The van der Waals surface area contributed by atoms with Crippen LogP contribution < -0.4 is 0 Å². The van der Waals surface area contributed by atoms with Gasteiger partial charge >= 0.3 is 0 Å². The minimum Gasteiger partial charge on any atom is -0.248 e. The molecule has 13 heavy (non-hydrogen) atoms. The molecule has 0 aliphatic rings. The van der Waals surface area contributed by atoms with Crippen LogP contribution in [-0.2, 0) is 12.0 Å². The van der Waals surface area contributed by atoms with Crippen molar-refractivity contribution >= 4 is 11.6 Å². The van der Waals surface area contributed by atoms with Crippen molar-refractivity contribution in [3.63, 3.8) is 0 Å². The predicted molar refractivity (Wildman–Crippen MR) is 56.3 cm³/mol. The third-order valence-electron chi connectivity index (χ3n) is 2.11. The lowest BCUT2D eigenvalue weighted by molar-refractivity contribution is 0.354. The van der Waals surface area contributed by atoms with Gasteiger partial charge in [0.25, 0.3) is 0 Å². The molecule has 0 fully saturated rings. The summed E-state index contributed by atoms with van der Waals surface area (Å²) in [5.74, 6) is 0. The Morgan fingerprint density at radius 1 is 1.38 bits per heavy atom. The van der Waals surface area contributed by atoms with Crippen LogP contribution in [0.3, 0.4) is 0 Å². The van der Waals surface area contributed by atoms with E-state index in [1.807, 2.05) is 11.6 Å². The van der Waals surface area contributed by atoms with Gasteiger partial charge in [-0.15, -0.1) is 0 Å². The maximum atomic E-state index is 6.21. The molecule has 0 aliphatic heterocycles. The number of aryl methyl sites for hydroxylation is 1. The van der Waals surface area contributed by atoms with Crippen molar-refractivity contribution in [2.45, 2.75) is 46.6 Å². The zero-order valence-corrected chi connectivity index (χ0v) is 9.74. The molecule has 1 rings (SSSR count). The van der Waals surface area contributed by atoms with Crippen LogP contribution in [-0.4, -0.2) is 9.78 Å². The molecule has 3 heteroatoms. The fourth-order valence-electron chi connectivity index (χ4n) is 1.38. The average molecular weight is 201 g/mol. The Hall–Kier alpha value is -0.500. The molecule has 1 heterocycles. The largest absolute Gasteiger partial charge is 0.248 e. The molecule has 0 aliphatic carbocycles. The Morgan fingerprint density at radius 2 is 1.92 bits per heavy atom. The molecule has 0 unspecified atom stereocenters. The Kier molecular flexibility index (Phi) is 2.71. The van der Waals surface area contributed by atoms with Gasteiger partial charge in [0.05, 0.1) is 11.2 Å². The number of nitrogens with zero attached hydrogens (tertiary/aromatic N) is 2. The Labute approximate surface area is 84.9 Å². The van der Waals surface area contributed by atoms with Crippen molar-refractivity contribution in [2.24, 2.45) is 0 Å². The fraction of sp³-hybridized carbons (Fsp3) is 0.700. The molecule has 2 nitrogen and oxygen atoms in total. The van der Waals surface area contributed by atoms with Crippen LogP contribution >= 0.6 is 11.6 Å². The Bertz CT molecular complexity index is 307. The lowest BCUT2D eigenvalue weighted by Crippen LogP contribution is -2.23. The first kappa shape index (κ1) is 10.6. The van der Waals surface area contributed by atoms with Crippen molar-refractivity contribution in [2.75, 3.05) is 0 Å². The Morgan fingerprint density at radius 3 is 2.15 bits per heavy atom. The van der Waals surface area contributed by atoms with Gasteiger partial charge in [-0.2, -0.15) is 5.10 Å². The summed E-state index contributed by atoms with van der Waals surface area (Å²) in [7, 11) is 0. The van der Waals surface area contributed by atoms with Crippen molar-refractivity contribution in [3.8, 4) is 0 Å². The summed E-state index contributed by atoms with van der Waals surface area (Å²) in [5, 5.41) is 5.22. The highest BCUT2D eigenvalue weighted by Gasteiger charge is 2.20. The first-order valence-electron chi connectivity index (χ1n) is 4.62. The van der Waals surface area contributed by atoms with E-state index in [-0.39, 0.29) is 5.54 Å². The fourth-order valence-corrected chi connectivity index (χ4v) is 1.94. The van der Waals surface area contributed by atoms with E-state index in [0.29, 0.717) is 0 Å². The summed E-state index contributed by atoms with van der Waals surface area (Å²) in [6.45, 7) is 10.4. The van der Waals surface area contributed by atoms with Crippen LogP contribution in [0.25, 0.3) is 0 Å². The zero-order chi connectivity index (χ0) is 10.2. The topological polar surface area (TPSA) is 17.8 Å². The number of rotatable bonds is 1. The van der Waals surface area contributed by atoms with Crippen LogP contribution in [0.4, 0.5) is 0 Å². The standard InChI is InChI=1S/C10H17ClN2/c1-6-8-7(2)12-13(9(8)11)10(3,4)5/h6H2,1-5H3. The van der Waals surface area contributed by atoms with Crippen molar-refractivity contribution in [1.29, 1.82) is 0 Å². The van der Waals surface area contributed by atoms with E-state index in [0.717, 1.165) is 22.8 Å². The van der Waals surface area contributed by atoms with E-state index >= 15 is 0 Å². The quantitative estimate of drug-likeness (QED) is 0.681. The lowest BCUT2D eigenvalue weighted by Gasteiger charge is -2.20. The molecular weight excluding hydrogens is 184 g/mol. The van der Waals surface area contributed by atoms with Gasteiger partial charge in [0.1, 0.15) is 5.15 Å². The molecule has 0 aromatic carbocycles. The maximum Gasteiger partial charge on any atom is 0.131 e. The summed E-state index contributed by atoms with van der Waals surface area (Å²) < 4.78 is 1.89. The molecule has 1 aromatic rings. The highest BCUT2D eigenvalue weighted by molar-refractivity contribution is 6.30. The summed E-state index contributed by atoms with van der Waals surface area (Å²) >= 11 is 6.21. The van der Waals surface area contributed by atoms with Crippen molar-refractivity contribution in [3.05, 3.63) is 16.4 Å². The van der Waals surface area contributed by atoms with Crippen LogP contribution in [0.2, 0.25) is 5.15 Å². The molecule has 0 saturated carbocycles. The van der Waals surface area contributed by atoms with Crippen LogP contribution in [0, 0.1) is 6.92 Å². The summed E-state index contributed by atoms with van der Waals surface area (Å²) in [6, 6.07) is 0. The molecule has 0 amide bonds. The molecule has 0 spiro atoms. The number of aromatic nitrogens is 2. The second kappa shape index (κ2) is 3.33. The molecular formula is C10H17ClN2. The van der Waals surface area contributed by atoms with Crippen LogP contribution in [0.1, 0.15) is 39.0 Å². The summed E-state index contributed by atoms with van der Waals surface area (Å²) in [5.41, 5.74) is 2.17. The predicted octanol–water partition coefficient (Wildman–Crippen LogP) is 3.16. The van der Waals surface area contributed by atoms with Gasteiger partial charge in [0.15, 0.2) is 0 Å². The van der Waals surface area contributed by atoms with E-state index in [4.69, 9.17) is 11.6 Å². The highest BCUT2D eigenvalue weighted by Crippen LogP contribution is 2.26. The molecule has 1 aromatic heterocycles. The first-order valence-corrected chi connectivity index (χ1v) is 5.00. The normalized spacial score (nSPS) is 12.2. The van der Waals surface area contributed by atoms with E-state index in [1.165, 1.54) is 0 Å². The minimum atomic E-state index is -0.0325. The monoisotopic (exact) mass is 200 g/mol. The maximum absolute atomic E-state index is 6.21. The van der Waals surface area contributed by atoms with Crippen molar-refractivity contribution in [1.82, 2.24) is 9.78 Å². The van der Waals surface area contributed by atoms with E-state index < -0.39 is 0 Å². The van der Waals surface area contributed by atoms with Gasteiger partial charge in [-0.1, -0.05) is 18.5 Å². The smallest absolute Gasteiger partial charge is 0.131 e. The third kappa shape index (κ3) is 1.88. The zero-order valence-electron chi connectivity index (χ0n) is 8.98. The van der Waals surface area contributed by atoms with Crippen LogP contribution in [0.5, 0.6) is 0 Å². The molecule has 0 saturated heterocycles. The molecule has 0 atom stereocenters. The number of halogens is 1. The Balaban J connectivity index is 3.26. The molecule has 0 bridgehead atoms. The molecule has 0 N–H and O–H groups in total. The third-order valence-corrected chi connectivity index (χ3v) is 2.50. The highest BCUT2D eigenvalue weighted by atomic mass is 35.5. The van der Waals surface area contributed by atoms with Crippen molar-refractivity contribution < 1.29 is 0 Å². The van der Waals surface area contributed by atoms with Gasteiger partial charge in [-0.05, 0) is 34.1 Å². The number of hydrogen-bond acceptors (Lipinski definition) is 1. The first-order chi connectivity index (χ1) is 5.88. The average Bonchev–Trinajstić information content (AvgIpc) is 2.25. The van der Waals surface area contributed by atoms with E-state index in [1.54, 1.807) is 0 Å². The summed E-state index contributed by atoms with van der Waals surface area (Å²) in [4.78, 5) is 0. The second-order valence-electron chi connectivity index (χ2n) is 4.29. The lowest BCUT2D eigenvalue weighted by atomic mass is 10.1. The van der Waals surface area contributed by atoms with Gasteiger partial charge in [-0.3, -0.25) is 0 Å². The van der Waals surface area contributed by atoms with Gasteiger partial charge in [-0.25, -0.2) is 4.68 Å². The minimum absolute atomic E-state index is 0.0325. The molecule has 74 valence electrons. The van der Waals surface area contributed by atoms with E-state index in [9.17, 15) is 0 Å². The van der Waals surface area contributed by atoms with Gasteiger partial charge < -0.3 is 0 Å². The van der Waals surface area contributed by atoms with Crippen LogP contribution in [0.15, 0.2) is 0 Å². The van der Waals surface area contributed by atoms with E-state index in [2.05, 4.69) is 32.8 Å². The number of hydrogen-bond donors (Lipinski definition) is 0.